The van der Waals surface area contributed by atoms with E-state index in [0.717, 1.165) is 21.8 Å². The molecule has 2 aliphatic rings. The second-order valence-electron chi connectivity index (χ2n) is 7.67. The molecule has 1 fully saturated rings. The van der Waals surface area contributed by atoms with Gasteiger partial charge in [0.1, 0.15) is 36.0 Å². The maximum atomic E-state index is 13.1. The average Bonchev–Trinajstić information content (AvgIpc) is 3.29. The maximum absolute atomic E-state index is 13.1. The largest absolute Gasteiger partial charge is 0.477 e. The molecule has 4 N–H and O–H groups in total. The number of carboxylic acid groups (broad SMARTS) is 1. The Morgan fingerprint density at radius 2 is 2.03 bits per heavy atom. The molecule has 4 rings (SSSR count). The number of thioether (sulfide) groups is 1. The third-order valence-corrected chi connectivity index (χ3v) is 7.21. The number of carboxylic acids is 1. The fourth-order valence-corrected chi connectivity index (χ4v) is 5.41. The summed E-state index contributed by atoms with van der Waals surface area (Å²) in [4.78, 5) is 59.5. The van der Waals surface area contributed by atoms with Crippen molar-refractivity contribution in [3.8, 4) is 0 Å². The zero-order valence-electron chi connectivity index (χ0n) is 18.9. The standard InChI is InChI=1S/C22H21N5O7S2/c1-11(28)33-8-13-9-35-20-16(19(30)27(20)17(13)21(31)32)25-18(29)15(14-10-36-22(23)24-14)26-34-7-12-5-3-2-4-6-12/h2-6,10,16,20H,7-9H2,1H3,(H2,23,24)(H,25,29)(H,31,32)/t16-,20-/m1/s1. The number of thiazole rings is 1. The van der Waals surface area contributed by atoms with Gasteiger partial charge in [-0.05, 0) is 5.56 Å². The number of nitrogens with two attached hydrogens (primary N) is 1. The highest BCUT2D eigenvalue weighted by atomic mass is 32.2. The van der Waals surface area contributed by atoms with Crippen molar-refractivity contribution in [1.82, 2.24) is 15.2 Å². The minimum Gasteiger partial charge on any atom is -0.477 e. The number of fused-ring (bicyclic) bond motifs is 1. The summed E-state index contributed by atoms with van der Waals surface area (Å²) in [5.41, 5.74) is 6.60. The van der Waals surface area contributed by atoms with Gasteiger partial charge < -0.3 is 25.7 Å². The molecule has 0 aliphatic carbocycles. The van der Waals surface area contributed by atoms with Gasteiger partial charge in [-0.2, -0.15) is 0 Å². The first kappa shape index (κ1) is 25.2. The number of aromatic nitrogens is 1. The lowest BCUT2D eigenvalue weighted by Gasteiger charge is -2.49. The molecule has 2 amide bonds. The Hall–Kier alpha value is -3.91. The minimum atomic E-state index is -1.32. The van der Waals surface area contributed by atoms with E-state index in [1.54, 1.807) is 0 Å². The number of nitrogens with one attached hydrogen (secondary N) is 1. The van der Waals surface area contributed by atoms with Crippen molar-refractivity contribution >= 4 is 57.7 Å². The van der Waals surface area contributed by atoms with Crippen LogP contribution in [0, 0.1) is 0 Å². The van der Waals surface area contributed by atoms with Crippen LogP contribution in [0.25, 0.3) is 0 Å². The average molecular weight is 532 g/mol. The van der Waals surface area contributed by atoms with E-state index >= 15 is 0 Å². The molecule has 12 nitrogen and oxygen atoms in total. The number of amides is 2. The molecule has 188 valence electrons. The van der Waals surface area contributed by atoms with Crippen molar-refractivity contribution in [3.63, 3.8) is 0 Å². The molecule has 1 aromatic carbocycles. The first-order chi connectivity index (χ1) is 17.3. The lowest BCUT2D eigenvalue weighted by molar-refractivity contribution is -0.150. The topological polar surface area (TPSA) is 174 Å². The van der Waals surface area contributed by atoms with E-state index in [2.05, 4.69) is 15.5 Å². The summed E-state index contributed by atoms with van der Waals surface area (Å²) in [7, 11) is 0. The SMILES string of the molecule is CC(=O)OCC1=C(C(=O)O)N2C(=O)[C@@H](NC(=O)C(=NOCc3ccccc3)c3csc(N)n3)[C@H]2SC1. The Kier molecular flexibility index (Phi) is 7.55. The van der Waals surface area contributed by atoms with Gasteiger partial charge in [0.2, 0.25) is 0 Å². The van der Waals surface area contributed by atoms with E-state index in [1.807, 2.05) is 30.3 Å². The summed E-state index contributed by atoms with van der Waals surface area (Å²) >= 11 is 2.36. The highest BCUT2D eigenvalue weighted by Gasteiger charge is 2.54. The predicted molar refractivity (Wildman–Crippen MR) is 131 cm³/mol. The number of hydrogen-bond donors (Lipinski definition) is 3. The van der Waals surface area contributed by atoms with Gasteiger partial charge in [-0.15, -0.1) is 23.1 Å². The number of esters is 1. The van der Waals surface area contributed by atoms with E-state index in [-0.39, 0.29) is 41.2 Å². The van der Waals surface area contributed by atoms with Crippen LogP contribution < -0.4 is 11.1 Å². The summed E-state index contributed by atoms with van der Waals surface area (Å²) in [6, 6.07) is 8.20. The molecule has 0 spiro atoms. The summed E-state index contributed by atoms with van der Waals surface area (Å²) in [6.45, 7) is 1.07. The van der Waals surface area contributed by atoms with Gasteiger partial charge in [0.15, 0.2) is 10.8 Å². The highest BCUT2D eigenvalue weighted by molar-refractivity contribution is 8.00. The quantitative estimate of drug-likeness (QED) is 0.183. The first-order valence-corrected chi connectivity index (χ1v) is 12.5. The highest BCUT2D eigenvalue weighted by Crippen LogP contribution is 2.40. The predicted octanol–water partition coefficient (Wildman–Crippen LogP) is 0.948. The van der Waals surface area contributed by atoms with Gasteiger partial charge in [-0.25, -0.2) is 9.78 Å². The molecule has 3 heterocycles. The summed E-state index contributed by atoms with van der Waals surface area (Å²) in [5, 5.41) is 17.3. The number of benzene rings is 1. The number of carbonyl (C=O) groups is 4. The molecule has 0 unspecified atom stereocenters. The van der Waals surface area contributed by atoms with Crippen LogP contribution in [0.3, 0.4) is 0 Å². The van der Waals surface area contributed by atoms with Gasteiger partial charge in [-0.3, -0.25) is 19.3 Å². The van der Waals surface area contributed by atoms with Crippen LogP contribution in [0.15, 0.2) is 52.1 Å². The van der Waals surface area contributed by atoms with E-state index in [1.165, 1.54) is 24.1 Å². The van der Waals surface area contributed by atoms with Gasteiger partial charge in [0.25, 0.3) is 11.8 Å². The van der Waals surface area contributed by atoms with Crippen molar-refractivity contribution in [1.29, 1.82) is 0 Å². The van der Waals surface area contributed by atoms with Crippen LogP contribution >= 0.6 is 23.1 Å². The molecule has 1 aromatic heterocycles. The van der Waals surface area contributed by atoms with Gasteiger partial charge in [0, 0.05) is 23.6 Å². The number of oxime groups is 1. The second-order valence-corrected chi connectivity index (χ2v) is 9.66. The molecule has 14 heteroatoms. The van der Waals surface area contributed by atoms with E-state index in [4.69, 9.17) is 15.3 Å². The lowest BCUT2D eigenvalue weighted by atomic mass is 10.0. The number of hydrogen-bond acceptors (Lipinski definition) is 11. The number of aliphatic carboxylic acids is 1. The number of anilines is 1. The van der Waals surface area contributed by atoms with E-state index in [0.29, 0.717) is 5.57 Å². The molecule has 2 aliphatic heterocycles. The molecule has 0 radical (unpaired) electrons. The van der Waals surface area contributed by atoms with Gasteiger partial charge in [0.05, 0.1) is 0 Å². The summed E-state index contributed by atoms with van der Waals surface area (Å²) in [5.74, 6) is -3.02. The first-order valence-electron chi connectivity index (χ1n) is 10.6. The maximum Gasteiger partial charge on any atom is 0.352 e. The number of β-lactam (4-membered cyclic amide) rings is 1. The van der Waals surface area contributed by atoms with Gasteiger partial charge >= 0.3 is 11.9 Å². The van der Waals surface area contributed by atoms with Gasteiger partial charge in [-0.1, -0.05) is 35.5 Å². The second kappa shape index (κ2) is 10.8. The monoisotopic (exact) mass is 531 g/mol. The molecule has 1 saturated heterocycles. The van der Waals surface area contributed by atoms with Crippen molar-refractivity contribution in [2.75, 3.05) is 18.1 Å². The van der Waals surface area contributed by atoms with Crippen molar-refractivity contribution < 1.29 is 33.9 Å². The van der Waals surface area contributed by atoms with Crippen LogP contribution in [0.5, 0.6) is 0 Å². The smallest absolute Gasteiger partial charge is 0.352 e. The lowest BCUT2D eigenvalue weighted by Crippen LogP contribution is -2.71. The van der Waals surface area contributed by atoms with E-state index < -0.39 is 35.2 Å². The van der Waals surface area contributed by atoms with Crippen LogP contribution in [-0.2, 0) is 35.4 Å². The van der Waals surface area contributed by atoms with Crippen molar-refractivity contribution in [2.45, 2.75) is 24.9 Å². The molecule has 0 bridgehead atoms. The number of nitrogen functional groups attached to an aromatic ring is 1. The third-order valence-electron chi connectivity index (χ3n) is 5.20. The van der Waals surface area contributed by atoms with Crippen LogP contribution in [0.2, 0.25) is 0 Å². The summed E-state index contributed by atoms with van der Waals surface area (Å²) in [6.07, 6.45) is 0. The third kappa shape index (κ3) is 5.33. The zero-order chi connectivity index (χ0) is 25.8. The van der Waals surface area contributed by atoms with Crippen LogP contribution in [-0.4, -0.2) is 68.2 Å². The minimum absolute atomic E-state index is 0.101. The fraction of sp³-hybridized carbons (Fsp3) is 0.273. The molecule has 2 atom stereocenters. The Morgan fingerprint density at radius 1 is 1.28 bits per heavy atom. The van der Waals surface area contributed by atoms with Crippen LogP contribution in [0.1, 0.15) is 18.2 Å². The molecular weight excluding hydrogens is 510 g/mol. The Balaban J connectivity index is 1.50. The van der Waals surface area contributed by atoms with E-state index in [9.17, 15) is 24.3 Å². The van der Waals surface area contributed by atoms with Crippen molar-refractivity contribution in [2.24, 2.45) is 5.16 Å². The molecular formula is C22H21N5O7S2. The summed E-state index contributed by atoms with van der Waals surface area (Å²) < 4.78 is 4.92. The number of rotatable bonds is 9. The zero-order valence-corrected chi connectivity index (χ0v) is 20.5. The molecule has 0 saturated carbocycles. The molecule has 36 heavy (non-hydrogen) atoms. The Labute approximate surface area is 213 Å². The van der Waals surface area contributed by atoms with Crippen molar-refractivity contribution in [3.05, 3.63) is 58.2 Å². The number of ether oxygens (including phenoxy) is 1. The number of nitrogens with zero attached hydrogens (tertiary/aromatic N) is 3. The number of carbonyl (C=O) groups excluding carboxylic acids is 3. The Bertz CT molecular complexity index is 1260. The Morgan fingerprint density at radius 3 is 2.67 bits per heavy atom. The normalized spacial score (nSPS) is 19.3. The molecule has 2 aromatic rings. The fourth-order valence-electron chi connectivity index (χ4n) is 3.54. The van der Waals surface area contributed by atoms with Crippen LogP contribution in [0.4, 0.5) is 5.13 Å².